The SMILES string of the molecule is Cc1cnc(N2CC(C3CN(C)C3)C2)nc1. The van der Waals surface area contributed by atoms with Gasteiger partial charge in [-0.15, -0.1) is 0 Å². The van der Waals surface area contributed by atoms with Gasteiger partial charge >= 0.3 is 0 Å². The van der Waals surface area contributed by atoms with Gasteiger partial charge in [-0.2, -0.15) is 0 Å². The number of hydrogen-bond acceptors (Lipinski definition) is 4. The van der Waals surface area contributed by atoms with E-state index in [1.54, 1.807) is 0 Å². The lowest BCUT2D eigenvalue weighted by atomic mass is 9.81. The summed E-state index contributed by atoms with van der Waals surface area (Å²) in [4.78, 5) is 13.4. The Hall–Kier alpha value is -1.16. The highest BCUT2D eigenvalue weighted by Gasteiger charge is 2.39. The van der Waals surface area contributed by atoms with Crippen molar-refractivity contribution in [2.45, 2.75) is 6.92 Å². The van der Waals surface area contributed by atoms with Gasteiger partial charge in [-0.05, 0) is 31.4 Å². The zero-order valence-electron chi connectivity index (χ0n) is 9.93. The molecule has 86 valence electrons. The van der Waals surface area contributed by atoms with Crippen molar-refractivity contribution >= 4 is 5.95 Å². The van der Waals surface area contributed by atoms with Crippen LogP contribution in [0.1, 0.15) is 5.56 Å². The summed E-state index contributed by atoms with van der Waals surface area (Å²) in [5.74, 6) is 2.67. The molecule has 2 aliphatic rings. The van der Waals surface area contributed by atoms with E-state index < -0.39 is 0 Å². The summed E-state index contributed by atoms with van der Waals surface area (Å²) in [6, 6.07) is 0. The first-order valence-corrected chi connectivity index (χ1v) is 5.94. The van der Waals surface area contributed by atoms with Gasteiger partial charge in [0.15, 0.2) is 0 Å². The van der Waals surface area contributed by atoms with Crippen LogP contribution in [-0.2, 0) is 0 Å². The zero-order valence-corrected chi connectivity index (χ0v) is 9.93. The Morgan fingerprint density at radius 1 is 1.06 bits per heavy atom. The van der Waals surface area contributed by atoms with Crippen molar-refractivity contribution in [1.29, 1.82) is 0 Å². The summed E-state index contributed by atoms with van der Waals surface area (Å²) in [6.07, 6.45) is 3.79. The van der Waals surface area contributed by atoms with Crippen LogP contribution in [-0.4, -0.2) is 48.1 Å². The molecule has 2 aliphatic heterocycles. The molecule has 0 atom stereocenters. The Labute approximate surface area is 96.3 Å². The quantitative estimate of drug-likeness (QED) is 0.734. The predicted molar refractivity (Wildman–Crippen MR) is 63.5 cm³/mol. The highest BCUT2D eigenvalue weighted by Crippen LogP contribution is 2.31. The second kappa shape index (κ2) is 3.70. The van der Waals surface area contributed by atoms with E-state index in [0.717, 1.165) is 36.4 Å². The van der Waals surface area contributed by atoms with Crippen LogP contribution in [0.2, 0.25) is 0 Å². The number of hydrogen-bond donors (Lipinski definition) is 0. The first kappa shape index (κ1) is 10.0. The lowest BCUT2D eigenvalue weighted by Crippen LogP contribution is -2.59. The number of aromatic nitrogens is 2. The average Bonchev–Trinajstić information content (AvgIpc) is 2.16. The first-order valence-electron chi connectivity index (χ1n) is 5.94. The monoisotopic (exact) mass is 218 g/mol. The molecule has 0 aromatic carbocycles. The van der Waals surface area contributed by atoms with Crippen molar-refractivity contribution in [2.75, 3.05) is 38.1 Å². The van der Waals surface area contributed by atoms with Crippen molar-refractivity contribution in [1.82, 2.24) is 14.9 Å². The zero-order chi connectivity index (χ0) is 11.1. The van der Waals surface area contributed by atoms with Gasteiger partial charge in [0.1, 0.15) is 0 Å². The minimum Gasteiger partial charge on any atom is -0.340 e. The van der Waals surface area contributed by atoms with Gasteiger partial charge in [0.2, 0.25) is 5.95 Å². The first-order chi connectivity index (χ1) is 7.72. The molecule has 1 aromatic heterocycles. The summed E-state index contributed by atoms with van der Waals surface area (Å²) < 4.78 is 0. The van der Waals surface area contributed by atoms with Gasteiger partial charge in [-0.25, -0.2) is 9.97 Å². The summed E-state index contributed by atoms with van der Waals surface area (Å²) in [7, 11) is 2.19. The molecule has 2 fully saturated rings. The van der Waals surface area contributed by atoms with Gasteiger partial charge < -0.3 is 9.80 Å². The van der Waals surface area contributed by atoms with Crippen molar-refractivity contribution in [2.24, 2.45) is 11.8 Å². The van der Waals surface area contributed by atoms with Crippen molar-refractivity contribution in [3.8, 4) is 0 Å². The maximum Gasteiger partial charge on any atom is 0.225 e. The minimum atomic E-state index is 0.862. The normalized spacial score (nSPS) is 23.0. The minimum absolute atomic E-state index is 0.862. The fourth-order valence-corrected chi connectivity index (χ4v) is 2.57. The van der Waals surface area contributed by atoms with Gasteiger partial charge in [0.05, 0.1) is 0 Å². The smallest absolute Gasteiger partial charge is 0.225 e. The van der Waals surface area contributed by atoms with E-state index in [4.69, 9.17) is 0 Å². The molecule has 0 radical (unpaired) electrons. The second-order valence-electron chi connectivity index (χ2n) is 5.21. The van der Waals surface area contributed by atoms with Crippen LogP contribution >= 0.6 is 0 Å². The van der Waals surface area contributed by atoms with E-state index in [1.165, 1.54) is 13.1 Å². The molecule has 2 saturated heterocycles. The largest absolute Gasteiger partial charge is 0.340 e. The van der Waals surface area contributed by atoms with Crippen molar-refractivity contribution < 1.29 is 0 Å². The maximum atomic E-state index is 4.36. The molecule has 3 heterocycles. The maximum absolute atomic E-state index is 4.36. The highest BCUT2D eigenvalue weighted by molar-refractivity contribution is 5.34. The fraction of sp³-hybridized carbons (Fsp3) is 0.667. The van der Waals surface area contributed by atoms with Gasteiger partial charge in [-0.1, -0.05) is 0 Å². The third-order valence-corrected chi connectivity index (χ3v) is 3.72. The van der Waals surface area contributed by atoms with Crippen LogP contribution in [0.4, 0.5) is 5.95 Å². The summed E-state index contributed by atoms with van der Waals surface area (Å²) in [6.45, 7) is 6.84. The average molecular weight is 218 g/mol. The van der Waals surface area contributed by atoms with Gasteiger partial charge in [0, 0.05) is 38.6 Å². The van der Waals surface area contributed by atoms with Gasteiger partial charge in [-0.3, -0.25) is 0 Å². The summed E-state index contributed by atoms with van der Waals surface area (Å²) in [5.41, 5.74) is 1.13. The molecule has 0 unspecified atom stereocenters. The molecule has 0 spiro atoms. The summed E-state index contributed by atoms with van der Waals surface area (Å²) >= 11 is 0. The van der Waals surface area contributed by atoms with Gasteiger partial charge in [0.25, 0.3) is 0 Å². The van der Waals surface area contributed by atoms with E-state index in [0.29, 0.717) is 0 Å². The molecular formula is C12H18N4. The third-order valence-electron chi connectivity index (χ3n) is 3.72. The van der Waals surface area contributed by atoms with Crippen LogP contribution in [0, 0.1) is 18.8 Å². The van der Waals surface area contributed by atoms with E-state index in [1.807, 2.05) is 19.3 Å². The standard InChI is InChI=1S/C12H18N4/c1-9-3-13-12(14-4-9)16-7-11(8-16)10-5-15(2)6-10/h3-4,10-11H,5-8H2,1-2H3. The highest BCUT2D eigenvalue weighted by atomic mass is 15.3. The number of likely N-dealkylation sites (tertiary alicyclic amines) is 1. The van der Waals surface area contributed by atoms with E-state index in [-0.39, 0.29) is 0 Å². The molecule has 4 heteroatoms. The Balaban J connectivity index is 1.55. The van der Waals surface area contributed by atoms with Crippen molar-refractivity contribution in [3.63, 3.8) is 0 Å². The topological polar surface area (TPSA) is 32.3 Å². The lowest BCUT2D eigenvalue weighted by Gasteiger charge is -2.49. The third kappa shape index (κ3) is 1.67. The molecule has 16 heavy (non-hydrogen) atoms. The van der Waals surface area contributed by atoms with Crippen LogP contribution in [0.3, 0.4) is 0 Å². The Kier molecular flexibility index (Phi) is 2.32. The van der Waals surface area contributed by atoms with E-state index in [9.17, 15) is 0 Å². The Bertz CT molecular complexity index is 363. The molecule has 3 rings (SSSR count). The molecule has 0 saturated carbocycles. The molecule has 4 nitrogen and oxygen atoms in total. The van der Waals surface area contributed by atoms with E-state index >= 15 is 0 Å². The Morgan fingerprint density at radius 3 is 2.19 bits per heavy atom. The number of nitrogens with zero attached hydrogens (tertiary/aromatic N) is 4. The number of rotatable bonds is 2. The molecule has 0 amide bonds. The number of aryl methyl sites for hydroxylation is 1. The predicted octanol–water partition coefficient (Wildman–Crippen LogP) is 0.783. The van der Waals surface area contributed by atoms with E-state index in [2.05, 4.69) is 26.8 Å². The lowest BCUT2D eigenvalue weighted by molar-refractivity contribution is 0.0691. The molecule has 0 aliphatic carbocycles. The van der Waals surface area contributed by atoms with Crippen LogP contribution in [0.25, 0.3) is 0 Å². The molecule has 1 aromatic rings. The van der Waals surface area contributed by atoms with Crippen LogP contribution < -0.4 is 4.90 Å². The molecule has 0 bridgehead atoms. The van der Waals surface area contributed by atoms with Crippen molar-refractivity contribution in [3.05, 3.63) is 18.0 Å². The molecule has 0 N–H and O–H groups in total. The van der Waals surface area contributed by atoms with Crippen LogP contribution in [0.5, 0.6) is 0 Å². The Morgan fingerprint density at radius 2 is 1.62 bits per heavy atom. The van der Waals surface area contributed by atoms with Crippen LogP contribution in [0.15, 0.2) is 12.4 Å². The second-order valence-corrected chi connectivity index (χ2v) is 5.21. The number of anilines is 1. The fourth-order valence-electron chi connectivity index (χ4n) is 2.57. The summed E-state index contributed by atoms with van der Waals surface area (Å²) in [5, 5.41) is 0. The molecular weight excluding hydrogens is 200 g/mol.